The van der Waals surface area contributed by atoms with Gasteiger partial charge in [0, 0.05) is 5.56 Å². The number of hydrogen-bond acceptors (Lipinski definition) is 3. The number of amides is 1. The number of oxazole rings is 1. The Balaban J connectivity index is 1.79. The van der Waals surface area contributed by atoms with Crippen LogP contribution in [0.15, 0.2) is 59.2 Å². The van der Waals surface area contributed by atoms with Gasteiger partial charge in [0.05, 0.1) is 10.6 Å². The van der Waals surface area contributed by atoms with Crippen LogP contribution in [-0.2, 0) is 0 Å². The lowest BCUT2D eigenvalue weighted by Crippen LogP contribution is -2.12. The summed E-state index contributed by atoms with van der Waals surface area (Å²) in [6, 6.07) is 15.0. The molecule has 4 nitrogen and oxygen atoms in total. The second-order valence-electron chi connectivity index (χ2n) is 4.84. The van der Waals surface area contributed by atoms with Crippen LogP contribution in [0.5, 0.6) is 0 Å². The Morgan fingerprint density at radius 1 is 1.18 bits per heavy atom. The number of aryl methyl sites for hydroxylation is 1. The Bertz CT molecular complexity index is 813. The number of nitrogens with one attached hydrogen (secondary N) is 1. The molecule has 22 heavy (non-hydrogen) atoms. The van der Waals surface area contributed by atoms with Crippen LogP contribution < -0.4 is 5.32 Å². The van der Waals surface area contributed by atoms with Crippen molar-refractivity contribution in [2.75, 3.05) is 5.32 Å². The molecule has 0 bridgehead atoms. The lowest BCUT2D eigenvalue weighted by atomic mass is 10.1. The molecule has 1 aromatic heterocycles. The standard InChI is InChI=1S/C17H13ClN2O2/c1-11-7-8-13(14(18)9-11)16(21)20-17-19-15(10-22-17)12-5-3-2-4-6-12/h2-10H,1H3,(H,19,20,21). The quantitative estimate of drug-likeness (QED) is 0.771. The van der Waals surface area contributed by atoms with Crippen molar-refractivity contribution < 1.29 is 9.21 Å². The van der Waals surface area contributed by atoms with Crippen LogP contribution in [0.2, 0.25) is 5.02 Å². The molecule has 5 heteroatoms. The monoisotopic (exact) mass is 312 g/mol. The first-order chi connectivity index (χ1) is 10.6. The van der Waals surface area contributed by atoms with E-state index < -0.39 is 0 Å². The van der Waals surface area contributed by atoms with Gasteiger partial charge in [-0.3, -0.25) is 10.1 Å². The van der Waals surface area contributed by atoms with Crippen molar-refractivity contribution in [2.45, 2.75) is 6.92 Å². The summed E-state index contributed by atoms with van der Waals surface area (Å²) < 4.78 is 5.29. The van der Waals surface area contributed by atoms with E-state index >= 15 is 0 Å². The van der Waals surface area contributed by atoms with Crippen LogP contribution in [0.25, 0.3) is 11.3 Å². The molecule has 0 fully saturated rings. The van der Waals surface area contributed by atoms with E-state index in [9.17, 15) is 4.79 Å². The molecule has 2 aromatic carbocycles. The number of hydrogen-bond donors (Lipinski definition) is 1. The third kappa shape index (κ3) is 3.02. The highest BCUT2D eigenvalue weighted by Gasteiger charge is 2.14. The maximum atomic E-state index is 12.2. The van der Waals surface area contributed by atoms with E-state index in [1.54, 1.807) is 12.1 Å². The van der Waals surface area contributed by atoms with Gasteiger partial charge in [0.25, 0.3) is 5.91 Å². The molecule has 0 saturated heterocycles. The molecular formula is C17H13ClN2O2. The number of rotatable bonds is 3. The Kier molecular flexibility index (Phi) is 3.94. The number of anilines is 1. The summed E-state index contributed by atoms with van der Waals surface area (Å²) in [5, 5.41) is 3.00. The molecule has 0 atom stereocenters. The summed E-state index contributed by atoms with van der Waals surface area (Å²) in [7, 11) is 0. The molecule has 1 heterocycles. The van der Waals surface area contributed by atoms with Gasteiger partial charge in [-0.25, -0.2) is 0 Å². The smallest absolute Gasteiger partial charge is 0.302 e. The molecule has 0 aliphatic rings. The minimum atomic E-state index is -0.355. The largest absolute Gasteiger partial charge is 0.431 e. The fourth-order valence-electron chi connectivity index (χ4n) is 2.04. The first-order valence-electron chi connectivity index (χ1n) is 6.72. The maximum absolute atomic E-state index is 12.2. The summed E-state index contributed by atoms with van der Waals surface area (Å²) in [4.78, 5) is 16.4. The molecule has 1 amide bonds. The zero-order valence-corrected chi connectivity index (χ0v) is 12.6. The third-order valence-corrected chi connectivity index (χ3v) is 3.48. The van der Waals surface area contributed by atoms with Gasteiger partial charge in [-0.2, -0.15) is 4.98 Å². The normalized spacial score (nSPS) is 10.5. The maximum Gasteiger partial charge on any atom is 0.302 e. The SMILES string of the molecule is Cc1ccc(C(=O)Nc2nc(-c3ccccc3)co2)c(Cl)c1. The van der Waals surface area contributed by atoms with Crippen LogP contribution in [0.4, 0.5) is 6.01 Å². The third-order valence-electron chi connectivity index (χ3n) is 3.16. The number of carbonyl (C=O) groups excluding carboxylic acids is 1. The van der Waals surface area contributed by atoms with Crippen LogP contribution in [0.3, 0.4) is 0 Å². The van der Waals surface area contributed by atoms with Crippen molar-refractivity contribution in [3.8, 4) is 11.3 Å². The zero-order valence-electron chi connectivity index (χ0n) is 11.8. The molecular weight excluding hydrogens is 300 g/mol. The molecule has 1 N–H and O–H groups in total. The minimum Gasteiger partial charge on any atom is -0.431 e. The van der Waals surface area contributed by atoms with Gasteiger partial charge in [-0.15, -0.1) is 0 Å². The van der Waals surface area contributed by atoms with Crippen molar-refractivity contribution in [3.63, 3.8) is 0 Å². The van der Waals surface area contributed by atoms with Crippen LogP contribution in [0.1, 0.15) is 15.9 Å². The molecule has 0 aliphatic carbocycles. The number of benzene rings is 2. The summed E-state index contributed by atoms with van der Waals surface area (Å²) in [6.45, 7) is 1.91. The van der Waals surface area contributed by atoms with E-state index in [1.165, 1.54) is 6.26 Å². The van der Waals surface area contributed by atoms with Gasteiger partial charge in [-0.1, -0.05) is 48.0 Å². The van der Waals surface area contributed by atoms with Crippen molar-refractivity contribution in [2.24, 2.45) is 0 Å². The minimum absolute atomic E-state index is 0.139. The number of aromatic nitrogens is 1. The van der Waals surface area contributed by atoms with E-state index in [1.807, 2.05) is 43.3 Å². The van der Waals surface area contributed by atoms with Gasteiger partial charge in [0.1, 0.15) is 12.0 Å². The second-order valence-corrected chi connectivity index (χ2v) is 5.25. The predicted molar refractivity (Wildman–Crippen MR) is 86.1 cm³/mol. The zero-order chi connectivity index (χ0) is 15.5. The van der Waals surface area contributed by atoms with Gasteiger partial charge < -0.3 is 4.42 Å². The van der Waals surface area contributed by atoms with Crippen molar-refractivity contribution in [1.82, 2.24) is 4.98 Å². The first-order valence-corrected chi connectivity index (χ1v) is 7.10. The van der Waals surface area contributed by atoms with Crippen LogP contribution in [0, 0.1) is 6.92 Å². The summed E-state index contributed by atoms with van der Waals surface area (Å²) in [5.74, 6) is -0.355. The van der Waals surface area contributed by atoms with E-state index in [0.29, 0.717) is 16.3 Å². The van der Waals surface area contributed by atoms with Crippen molar-refractivity contribution >= 4 is 23.5 Å². The fraction of sp³-hybridized carbons (Fsp3) is 0.0588. The molecule has 0 aliphatic heterocycles. The van der Waals surface area contributed by atoms with Crippen LogP contribution >= 0.6 is 11.6 Å². The lowest BCUT2D eigenvalue weighted by molar-refractivity contribution is 0.102. The van der Waals surface area contributed by atoms with E-state index in [2.05, 4.69) is 10.3 Å². The summed E-state index contributed by atoms with van der Waals surface area (Å²) in [5.41, 5.74) is 2.95. The summed E-state index contributed by atoms with van der Waals surface area (Å²) >= 11 is 6.08. The van der Waals surface area contributed by atoms with Crippen molar-refractivity contribution in [3.05, 3.63) is 70.9 Å². The molecule has 3 rings (SSSR count). The molecule has 0 radical (unpaired) electrons. The van der Waals surface area contributed by atoms with Crippen molar-refractivity contribution in [1.29, 1.82) is 0 Å². The van der Waals surface area contributed by atoms with E-state index in [-0.39, 0.29) is 11.9 Å². The molecule has 3 aromatic rings. The first kappa shape index (κ1) is 14.4. The highest BCUT2D eigenvalue weighted by atomic mass is 35.5. The van der Waals surface area contributed by atoms with Gasteiger partial charge in [0.2, 0.25) is 0 Å². The summed E-state index contributed by atoms with van der Waals surface area (Å²) in [6.07, 6.45) is 1.50. The van der Waals surface area contributed by atoms with Gasteiger partial charge in [0.15, 0.2) is 0 Å². The molecule has 110 valence electrons. The second kappa shape index (κ2) is 6.03. The topological polar surface area (TPSA) is 55.1 Å². The fourth-order valence-corrected chi connectivity index (χ4v) is 2.36. The average molecular weight is 313 g/mol. The predicted octanol–water partition coefficient (Wildman–Crippen LogP) is 4.56. The molecule has 0 spiro atoms. The Morgan fingerprint density at radius 3 is 2.68 bits per heavy atom. The van der Waals surface area contributed by atoms with E-state index in [0.717, 1.165) is 11.1 Å². The van der Waals surface area contributed by atoms with Crippen LogP contribution in [-0.4, -0.2) is 10.9 Å². The van der Waals surface area contributed by atoms with E-state index in [4.69, 9.17) is 16.0 Å². The lowest BCUT2D eigenvalue weighted by Gasteiger charge is -2.04. The number of halogens is 1. The highest BCUT2D eigenvalue weighted by molar-refractivity contribution is 6.34. The Labute approximate surface area is 132 Å². The number of nitrogens with zero attached hydrogens (tertiary/aromatic N) is 1. The number of carbonyl (C=O) groups is 1. The Hall–Kier alpha value is -2.59. The molecule has 0 unspecified atom stereocenters. The highest BCUT2D eigenvalue weighted by Crippen LogP contribution is 2.22. The van der Waals surface area contributed by atoms with Gasteiger partial charge >= 0.3 is 6.01 Å². The van der Waals surface area contributed by atoms with Gasteiger partial charge in [-0.05, 0) is 24.6 Å². The Morgan fingerprint density at radius 2 is 1.95 bits per heavy atom. The average Bonchev–Trinajstić information content (AvgIpc) is 2.96. The molecule has 0 saturated carbocycles.